The summed E-state index contributed by atoms with van der Waals surface area (Å²) in [5, 5.41) is 7.33. The van der Waals surface area contributed by atoms with Crippen molar-refractivity contribution in [2.24, 2.45) is 5.14 Å². The molecule has 0 spiro atoms. The Morgan fingerprint density at radius 2 is 2.07 bits per heavy atom. The van der Waals surface area contributed by atoms with E-state index in [0.717, 1.165) is 0 Å². The number of benzene rings is 1. The number of hydrogen-bond acceptors (Lipinski definition) is 3. The van der Waals surface area contributed by atoms with Gasteiger partial charge in [0.2, 0.25) is 16.4 Å². The van der Waals surface area contributed by atoms with Crippen LogP contribution in [0.2, 0.25) is 0 Å². The fourth-order valence-electron chi connectivity index (χ4n) is 1.06. The van der Waals surface area contributed by atoms with Crippen molar-refractivity contribution in [3.05, 3.63) is 23.8 Å². The van der Waals surface area contributed by atoms with Crippen LogP contribution in [0, 0.1) is 6.92 Å². The molecule has 1 aromatic rings. The molecule has 3 N–H and O–H groups in total. The van der Waals surface area contributed by atoms with Crippen molar-refractivity contribution >= 4 is 22.1 Å². The molecule has 1 rings (SSSR count). The summed E-state index contributed by atoms with van der Waals surface area (Å²) in [6.07, 6.45) is 0.470. The van der Waals surface area contributed by atoms with Gasteiger partial charge in [-0.1, -0.05) is 6.07 Å². The predicted molar refractivity (Wildman–Crippen MR) is 52.2 cm³/mol. The molecule has 76 valence electrons. The first-order valence-corrected chi connectivity index (χ1v) is 5.33. The van der Waals surface area contributed by atoms with Gasteiger partial charge in [0.15, 0.2) is 0 Å². The lowest BCUT2D eigenvalue weighted by Gasteiger charge is -2.05. The van der Waals surface area contributed by atoms with Crippen LogP contribution in [0.4, 0.5) is 5.69 Å². The first-order valence-electron chi connectivity index (χ1n) is 3.79. The Balaban J connectivity index is 3.29. The summed E-state index contributed by atoms with van der Waals surface area (Å²) < 4.78 is 22.1. The Kier molecular flexibility index (Phi) is 2.87. The number of carbonyl (C=O) groups excluding carboxylic acids is 1. The van der Waals surface area contributed by atoms with E-state index in [-0.39, 0.29) is 4.90 Å². The molecular formula is C8H10N2O3S. The van der Waals surface area contributed by atoms with Crippen LogP contribution in [-0.4, -0.2) is 14.8 Å². The lowest BCUT2D eigenvalue weighted by molar-refractivity contribution is -0.105. The van der Waals surface area contributed by atoms with Gasteiger partial charge in [-0.3, -0.25) is 4.79 Å². The minimum absolute atomic E-state index is 0.0179. The predicted octanol–water partition coefficient (Wildman–Crippen LogP) is 0.211. The van der Waals surface area contributed by atoms with Gasteiger partial charge < -0.3 is 5.32 Å². The molecule has 0 aliphatic rings. The summed E-state index contributed by atoms with van der Waals surface area (Å²) in [4.78, 5) is 10.1. The largest absolute Gasteiger partial charge is 0.329 e. The number of nitrogens with two attached hydrogens (primary N) is 1. The molecule has 0 atom stereocenters. The Labute approximate surface area is 82.0 Å². The molecule has 6 heteroatoms. The molecule has 0 aliphatic carbocycles. The highest BCUT2D eigenvalue weighted by Gasteiger charge is 2.11. The number of hydrogen-bond donors (Lipinski definition) is 2. The lowest BCUT2D eigenvalue weighted by Crippen LogP contribution is -2.14. The molecule has 0 aromatic heterocycles. The zero-order chi connectivity index (χ0) is 10.8. The number of sulfonamides is 1. The second-order valence-corrected chi connectivity index (χ2v) is 4.32. The standard InChI is InChI=1S/C8H10N2O3S/c1-6-2-3-7(10-5-11)4-8(6)14(9,12)13/h2-5H,1H3,(H,10,11)(H2,9,12,13). The van der Waals surface area contributed by atoms with Gasteiger partial charge in [-0.2, -0.15) is 0 Å². The van der Waals surface area contributed by atoms with Crippen molar-refractivity contribution in [3.8, 4) is 0 Å². The molecule has 0 fully saturated rings. The lowest BCUT2D eigenvalue weighted by atomic mass is 10.2. The maximum Gasteiger partial charge on any atom is 0.238 e. The van der Waals surface area contributed by atoms with E-state index < -0.39 is 10.0 Å². The first kappa shape index (κ1) is 10.7. The van der Waals surface area contributed by atoms with Crippen LogP contribution < -0.4 is 10.5 Å². The Hall–Kier alpha value is -1.40. The number of anilines is 1. The normalized spacial score (nSPS) is 11.0. The highest BCUT2D eigenvalue weighted by Crippen LogP contribution is 2.18. The van der Waals surface area contributed by atoms with Gasteiger partial charge in [-0.15, -0.1) is 0 Å². The average molecular weight is 214 g/mol. The Bertz CT molecular complexity index is 454. The topological polar surface area (TPSA) is 89.3 Å². The van der Waals surface area contributed by atoms with Crippen LogP contribution in [0.15, 0.2) is 23.1 Å². The van der Waals surface area contributed by atoms with Gasteiger partial charge in [0.25, 0.3) is 0 Å². The van der Waals surface area contributed by atoms with E-state index in [0.29, 0.717) is 17.7 Å². The highest BCUT2D eigenvalue weighted by molar-refractivity contribution is 7.89. The zero-order valence-electron chi connectivity index (χ0n) is 7.52. The van der Waals surface area contributed by atoms with Gasteiger partial charge in [0.05, 0.1) is 4.90 Å². The van der Waals surface area contributed by atoms with E-state index in [2.05, 4.69) is 5.32 Å². The summed E-state index contributed by atoms with van der Waals surface area (Å²) in [7, 11) is -3.73. The van der Waals surface area contributed by atoms with Crippen LogP contribution in [0.25, 0.3) is 0 Å². The molecule has 0 radical (unpaired) electrons. The number of carbonyl (C=O) groups is 1. The maximum absolute atomic E-state index is 11.1. The maximum atomic E-state index is 11.1. The van der Waals surface area contributed by atoms with E-state index in [1.54, 1.807) is 19.1 Å². The summed E-state index contributed by atoms with van der Waals surface area (Å²) in [5.41, 5.74) is 0.943. The molecule has 0 unspecified atom stereocenters. The molecule has 1 amide bonds. The van der Waals surface area contributed by atoms with Gasteiger partial charge in [-0.05, 0) is 24.6 Å². The third kappa shape index (κ3) is 2.30. The van der Waals surface area contributed by atoms with Gasteiger partial charge in [0.1, 0.15) is 0 Å². The second kappa shape index (κ2) is 3.77. The van der Waals surface area contributed by atoms with Gasteiger partial charge in [-0.25, -0.2) is 13.6 Å². The Morgan fingerprint density at radius 3 is 2.57 bits per heavy atom. The van der Waals surface area contributed by atoms with Crippen molar-refractivity contribution < 1.29 is 13.2 Å². The smallest absolute Gasteiger partial charge is 0.238 e. The molecule has 0 aliphatic heterocycles. The summed E-state index contributed by atoms with van der Waals surface area (Å²) in [5.74, 6) is 0. The SMILES string of the molecule is Cc1ccc(NC=O)cc1S(N)(=O)=O. The summed E-state index contributed by atoms with van der Waals surface area (Å²) >= 11 is 0. The van der Waals surface area contributed by atoms with Crippen molar-refractivity contribution in [1.29, 1.82) is 0 Å². The molecular weight excluding hydrogens is 204 g/mol. The summed E-state index contributed by atoms with van der Waals surface area (Å²) in [6.45, 7) is 1.63. The van der Waals surface area contributed by atoms with Crippen LogP contribution in [0.1, 0.15) is 5.56 Å². The highest BCUT2D eigenvalue weighted by atomic mass is 32.2. The number of primary sulfonamides is 1. The fourth-order valence-corrected chi connectivity index (χ4v) is 1.87. The van der Waals surface area contributed by atoms with E-state index in [9.17, 15) is 13.2 Å². The number of amides is 1. The van der Waals surface area contributed by atoms with Crippen molar-refractivity contribution in [2.75, 3.05) is 5.32 Å². The third-order valence-electron chi connectivity index (χ3n) is 1.72. The third-order valence-corrected chi connectivity index (χ3v) is 2.77. The van der Waals surface area contributed by atoms with E-state index in [4.69, 9.17) is 5.14 Å². The molecule has 0 saturated carbocycles. The van der Waals surface area contributed by atoms with E-state index in [1.807, 2.05) is 0 Å². The quantitative estimate of drug-likeness (QED) is 0.705. The monoisotopic (exact) mass is 214 g/mol. The average Bonchev–Trinajstić information content (AvgIpc) is 2.07. The van der Waals surface area contributed by atoms with Crippen LogP contribution >= 0.6 is 0 Å². The molecule has 14 heavy (non-hydrogen) atoms. The number of aryl methyl sites for hydroxylation is 1. The summed E-state index contributed by atoms with van der Waals surface area (Å²) in [6, 6.07) is 4.49. The fraction of sp³-hybridized carbons (Fsp3) is 0.125. The molecule has 0 saturated heterocycles. The van der Waals surface area contributed by atoms with Crippen LogP contribution in [-0.2, 0) is 14.8 Å². The zero-order valence-corrected chi connectivity index (χ0v) is 8.34. The number of nitrogens with one attached hydrogen (secondary N) is 1. The number of rotatable bonds is 3. The minimum Gasteiger partial charge on any atom is -0.329 e. The van der Waals surface area contributed by atoms with Gasteiger partial charge >= 0.3 is 0 Å². The molecule has 1 aromatic carbocycles. The van der Waals surface area contributed by atoms with Gasteiger partial charge in [0, 0.05) is 5.69 Å². The van der Waals surface area contributed by atoms with Crippen LogP contribution in [0.5, 0.6) is 0 Å². The van der Waals surface area contributed by atoms with Crippen molar-refractivity contribution in [2.45, 2.75) is 11.8 Å². The molecule has 0 bridgehead atoms. The second-order valence-electron chi connectivity index (χ2n) is 2.79. The van der Waals surface area contributed by atoms with E-state index in [1.165, 1.54) is 6.07 Å². The van der Waals surface area contributed by atoms with Crippen LogP contribution in [0.3, 0.4) is 0 Å². The first-order chi connectivity index (χ1) is 6.45. The molecule has 0 heterocycles. The van der Waals surface area contributed by atoms with E-state index >= 15 is 0 Å². The molecule has 5 nitrogen and oxygen atoms in total. The minimum atomic E-state index is -3.73. The Morgan fingerprint density at radius 1 is 1.43 bits per heavy atom. The van der Waals surface area contributed by atoms with Crippen molar-refractivity contribution in [1.82, 2.24) is 0 Å². The van der Waals surface area contributed by atoms with Crippen molar-refractivity contribution in [3.63, 3.8) is 0 Å².